The number of ether oxygens (including phenoxy) is 3. The van der Waals surface area contributed by atoms with Crippen LogP contribution in [0.5, 0.6) is 23.0 Å². The number of aryl methyl sites for hydroxylation is 1. The molecule has 0 fully saturated rings. The van der Waals surface area contributed by atoms with Crippen LogP contribution in [-0.2, 0) is 16.0 Å². The predicted octanol–water partition coefficient (Wildman–Crippen LogP) is 6.13. The molecule has 0 unspecified atom stereocenters. The van der Waals surface area contributed by atoms with Gasteiger partial charge in [0.15, 0.2) is 5.75 Å². The first-order chi connectivity index (χ1) is 19.8. The molecule has 0 spiro atoms. The highest BCUT2D eigenvalue weighted by Crippen LogP contribution is 2.43. The standard InChI is InChI=1S/C31H32FNO7S/c1-3-20-17-24(9-11-26(20)39-15-13-33(4-2)12-14-38-19-28(35)36)40-30-25-10-8-23(34)18-27(25)41-31(30)29(37)21-6-5-7-22(32)16-21/h5-11,16-18,34H,3-4,12-15,19H2,1-2H3,(H,35,36). The lowest BCUT2D eigenvalue weighted by Gasteiger charge is -2.21. The second kappa shape index (κ2) is 14.1. The number of benzene rings is 3. The summed E-state index contributed by atoms with van der Waals surface area (Å²) in [4.78, 5) is 26.4. The number of likely N-dealkylation sites (N-methyl/N-ethyl adjacent to an activating group) is 1. The van der Waals surface area contributed by atoms with E-state index >= 15 is 0 Å². The van der Waals surface area contributed by atoms with Gasteiger partial charge in [-0.05, 0) is 67.1 Å². The SMILES string of the molecule is CCc1cc(Oc2c(C(=O)c3cccc(F)c3)sc3cc(O)ccc23)ccc1OCCN(CC)CCOCC(=O)O. The maximum absolute atomic E-state index is 13.9. The number of carbonyl (C=O) groups is 2. The molecule has 0 saturated carbocycles. The van der Waals surface area contributed by atoms with E-state index in [9.17, 15) is 19.1 Å². The molecule has 4 rings (SSSR count). The number of aliphatic carboxylic acids is 1. The second-order valence-corrected chi connectivity index (χ2v) is 10.3. The Balaban J connectivity index is 1.50. The Labute approximate surface area is 241 Å². The molecule has 0 bridgehead atoms. The summed E-state index contributed by atoms with van der Waals surface area (Å²) < 4.78 is 32.0. The van der Waals surface area contributed by atoms with Gasteiger partial charge in [0.05, 0.1) is 6.61 Å². The Hall–Kier alpha value is -3.99. The first-order valence-electron chi connectivity index (χ1n) is 13.3. The lowest BCUT2D eigenvalue weighted by Crippen LogP contribution is -2.32. The monoisotopic (exact) mass is 581 g/mol. The maximum Gasteiger partial charge on any atom is 0.329 e. The highest BCUT2D eigenvalue weighted by Gasteiger charge is 2.23. The minimum absolute atomic E-state index is 0.0688. The Bertz CT molecular complexity index is 1520. The van der Waals surface area contributed by atoms with Gasteiger partial charge in [0.1, 0.15) is 41.2 Å². The van der Waals surface area contributed by atoms with Crippen LogP contribution in [0.3, 0.4) is 0 Å². The largest absolute Gasteiger partial charge is 0.508 e. The van der Waals surface area contributed by atoms with Crippen molar-refractivity contribution in [3.8, 4) is 23.0 Å². The first kappa shape index (κ1) is 30.0. The molecule has 0 aliphatic rings. The van der Waals surface area contributed by atoms with Crippen LogP contribution in [-0.4, -0.2) is 66.3 Å². The fourth-order valence-corrected chi connectivity index (χ4v) is 5.42. The lowest BCUT2D eigenvalue weighted by molar-refractivity contribution is -0.142. The van der Waals surface area contributed by atoms with Crippen LogP contribution in [0.25, 0.3) is 10.1 Å². The van der Waals surface area contributed by atoms with Crippen LogP contribution in [0.4, 0.5) is 4.39 Å². The summed E-state index contributed by atoms with van der Waals surface area (Å²) >= 11 is 1.18. The number of phenols is 1. The average Bonchev–Trinajstić information content (AvgIpc) is 3.31. The number of aromatic hydroxyl groups is 1. The molecule has 10 heteroatoms. The highest BCUT2D eigenvalue weighted by atomic mass is 32.1. The van der Waals surface area contributed by atoms with Crippen molar-refractivity contribution in [1.29, 1.82) is 0 Å². The van der Waals surface area contributed by atoms with Gasteiger partial charge in [0, 0.05) is 28.7 Å². The van der Waals surface area contributed by atoms with Gasteiger partial charge < -0.3 is 24.4 Å². The number of phenolic OH excluding ortho intramolecular Hbond substituents is 1. The Kier molecular flexibility index (Phi) is 10.3. The fraction of sp³-hybridized carbons (Fsp3) is 0.290. The van der Waals surface area contributed by atoms with E-state index in [0.29, 0.717) is 64.9 Å². The van der Waals surface area contributed by atoms with Crippen molar-refractivity contribution in [2.45, 2.75) is 20.3 Å². The molecule has 4 aromatic rings. The first-order valence-corrected chi connectivity index (χ1v) is 14.1. The van der Waals surface area contributed by atoms with Gasteiger partial charge >= 0.3 is 5.97 Å². The summed E-state index contributed by atoms with van der Waals surface area (Å²) in [7, 11) is 0. The van der Waals surface area contributed by atoms with E-state index in [0.717, 1.165) is 12.1 Å². The number of nitrogens with zero attached hydrogens (tertiary/aromatic N) is 1. The van der Waals surface area contributed by atoms with Crippen LogP contribution in [0.1, 0.15) is 34.6 Å². The van der Waals surface area contributed by atoms with Gasteiger partial charge in [-0.2, -0.15) is 0 Å². The highest BCUT2D eigenvalue weighted by molar-refractivity contribution is 7.21. The van der Waals surface area contributed by atoms with Crippen LogP contribution in [0.2, 0.25) is 0 Å². The molecular weight excluding hydrogens is 549 g/mol. The zero-order chi connectivity index (χ0) is 29.4. The molecule has 0 aliphatic carbocycles. The fourth-order valence-electron chi connectivity index (χ4n) is 4.29. The third-order valence-electron chi connectivity index (χ3n) is 6.44. The van der Waals surface area contributed by atoms with Crippen molar-refractivity contribution in [3.05, 3.63) is 82.5 Å². The molecular formula is C31H32FNO7S. The number of carboxylic acids is 1. The van der Waals surface area contributed by atoms with E-state index in [1.54, 1.807) is 24.3 Å². The number of carboxylic acid groups (broad SMARTS) is 1. The molecule has 3 aromatic carbocycles. The number of rotatable bonds is 15. The predicted molar refractivity (Wildman–Crippen MR) is 155 cm³/mol. The quantitative estimate of drug-likeness (QED) is 0.128. The Morgan fingerprint density at radius 2 is 1.80 bits per heavy atom. The molecule has 216 valence electrons. The van der Waals surface area contributed by atoms with Gasteiger partial charge in [0.25, 0.3) is 0 Å². The maximum atomic E-state index is 13.9. The van der Waals surface area contributed by atoms with Gasteiger partial charge in [-0.1, -0.05) is 26.0 Å². The number of hydrogen-bond donors (Lipinski definition) is 2. The second-order valence-electron chi connectivity index (χ2n) is 9.23. The number of ketones is 1. The van der Waals surface area contributed by atoms with Gasteiger partial charge in [-0.25, -0.2) is 9.18 Å². The molecule has 0 aliphatic heterocycles. The number of thiophene rings is 1. The van der Waals surface area contributed by atoms with Crippen LogP contribution >= 0.6 is 11.3 Å². The number of fused-ring (bicyclic) bond motifs is 1. The molecule has 1 heterocycles. The minimum atomic E-state index is -0.989. The van der Waals surface area contributed by atoms with Crippen molar-refractivity contribution >= 4 is 33.2 Å². The summed E-state index contributed by atoms with van der Waals surface area (Å²) in [5, 5.41) is 19.3. The molecule has 0 saturated heterocycles. The molecule has 1 aromatic heterocycles. The van der Waals surface area contributed by atoms with E-state index in [1.165, 1.54) is 35.6 Å². The van der Waals surface area contributed by atoms with Gasteiger partial charge in [0.2, 0.25) is 5.78 Å². The van der Waals surface area contributed by atoms with E-state index in [-0.39, 0.29) is 23.7 Å². The smallest absolute Gasteiger partial charge is 0.329 e. The third-order valence-corrected chi connectivity index (χ3v) is 7.58. The molecule has 0 atom stereocenters. The summed E-state index contributed by atoms with van der Waals surface area (Å²) in [6, 6.07) is 15.8. The van der Waals surface area contributed by atoms with E-state index in [2.05, 4.69) is 4.90 Å². The molecule has 0 amide bonds. The van der Waals surface area contributed by atoms with Crippen molar-refractivity contribution in [2.75, 3.05) is 39.5 Å². The van der Waals surface area contributed by atoms with Gasteiger partial charge in [-0.3, -0.25) is 9.69 Å². The normalized spacial score (nSPS) is 11.2. The van der Waals surface area contributed by atoms with Crippen molar-refractivity contribution in [2.24, 2.45) is 0 Å². The van der Waals surface area contributed by atoms with Crippen molar-refractivity contribution in [1.82, 2.24) is 4.90 Å². The zero-order valence-electron chi connectivity index (χ0n) is 22.9. The summed E-state index contributed by atoms with van der Waals surface area (Å²) in [6.07, 6.45) is 0.681. The number of carbonyl (C=O) groups excluding carboxylic acids is 1. The molecule has 41 heavy (non-hydrogen) atoms. The van der Waals surface area contributed by atoms with Crippen LogP contribution in [0.15, 0.2) is 60.7 Å². The minimum Gasteiger partial charge on any atom is -0.508 e. The summed E-state index contributed by atoms with van der Waals surface area (Å²) in [5.74, 6) is -0.219. The zero-order valence-corrected chi connectivity index (χ0v) is 23.7. The molecule has 0 radical (unpaired) electrons. The third kappa shape index (κ3) is 7.81. The Morgan fingerprint density at radius 1 is 1.00 bits per heavy atom. The van der Waals surface area contributed by atoms with Crippen molar-refractivity contribution < 1.29 is 38.4 Å². The van der Waals surface area contributed by atoms with E-state index < -0.39 is 11.8 Å². The van der Waals surface area contributed by atoms with E-state index in [1.807, 2.05) is 26.0 Å². The Morgan fingerprint density at radius 3 is 2.54 bits per heavy atom. The summed E-state index contributed by atoms with van der Waals surface area (Å²) in [5.41, 5.74) is 1.13. The van der Waals surface area contributed by atoms with E-state index in [4.69, 9.17) is 19.3 Å². The molecule has 2 N–H and O–H groups in total. The number of halogens is 1. The van der Waals surface area contributed by atoms with Crippen molar-refractivity contribution in [3.63, 3.8) is 0 Å². The molecule has 8 nitrogen and oxygen atoms in total. The van der Waals surface area contributed by atoms with Crippen LogP contribution < -0.4 is 9.47 Å². The number of hydrogen-bond acceptors (Lipinski definition) is 8. The average molecular weight is 582 g/mol. The lowest BCUT2D eigenvalue weighted by atomic mass is 10.1. The van der Waals surface area contributed by atoms with Crippen LogP contribution in [0, 0.1) is 5.82 Å². The summed E-state index contributed by atoms with van der Waals surface area (Å²) in [6.45, 7) is 6.49. The van der Waals surface area contributed by atoms with Gasteiger partial charge in [-0.15, -0.1) is 11.3 Å². The topological polar surface area (TPSA) is 106 Å².